The Hall–Kier alpha value is -2.54. The zero-order chi connectivity index (χ0) is 18.9. The van der Waals surface area contributed by atoms with E-state index in [-0.39, 0.29) is 17.5 Å². The van der Waals surface area contributed by atoms with Crippen LogP contribution >= 0.6 is 11.8 Å². The number of benzene rings is 2. The maximum absolute atomic E-state index is 12.8. The molecule has 0 fully saturated rings. The first-order valence-electron chi connectivity index (χ1n) is 8.08. The van der Waals surface area contributed by atoms with E-state index in [0.717, 1.165) is 5.56 Å². The lowest BCUT2D eigenvalue weighted by Gasteiger charge is -2.15. The van der Waals surface area contributed by atoms with Crippen LogP contribution in [0.25, 0.3) is 0 Å². The van der Waals surface area contributed by atoms with E-state index in [2.05, 4.69) is 16.9 Å². The molecule has 1 atom stereocenters. The number of nitrogens with one attached hydrogen (secondary N) is 2. The zero-order valence-corrected chi connectivity index (χ0v) is 15.4. The summed E-state index contributed by atoms with van der Waals surface area (Å²) in [5.41, 5.74) is 7.00. The van der Waals surface area contributed by atoms with Gasteiger partial charge in [0.1, 0.15) is 11.6 Å². The van der Waals surface area contributed by atoms with Crippen molar-refractivity contribution in [2.24, 2.45) is 0 Å². The first-order valence-corrected chi connectivity index (χ1v) is 9.23. The molecule has 2 N–H and O–H groups in total. The Balaban J connectivity index is 1.67. The lowest BCUT2D eigenvalue weighted by atomic mass is 10.2. The summed E-state index contributed by atoms with van der Waals surface area (Å²) in [4.78, 5) is 23.7. The SMILES string of the molecule is Cc1cccc(CSCC(=O)NNC(=O)C(C)Oc2ccc(F)cc2)c1. The van der Waals surface area contributed by atoms with Crippen molar-refractivity contribution in [2.75, 3.05) is 5.75 Å². The minimum Gasteiger partial charge on any atom is -0.481 e. The molecule has 5 nitrogen and oxygen atoms in total. The van der Waals surface area contributed by atoms with E-state index < -0.39 is 12.0 Å². The van der Waals surface area contributed by atoms with Gasteiger partial charge in [-0.3, -0.25) is 20.4 Å². The zero-order valence-electron chi connectivity index (χ0n) is 14.6. The monoisotopic (exact) mass is 376 g/mol. The first-order chi connectivity index (χ1) is 12.4. The molecule has 26 heavy (non-hydrogen) atoms. The molecule has 1 unspecified atom stereocenters. The highest BCUT2D eigenvalue weighted by molar-refractivity contribution is 7.99. The van der Waals surface area contributed by atoms with Crippen molar-refractivity contribution in [3.8, 4) is 5.75 Å². The molecular weight excluding hydrogens is 355 g/mol. The van der Waals surface area contributed by atoms with Crippen LogP contribution in [0.5, 0.6) is 5.75 Å². The summed E-state index contributed by atoms with van der Waals surface area (Å²) in [6.07, 6.45) is -0.833. The number of carbonyl (C=O) groups is 2. The van der Waals surface area contributed by atoms with Crippen LogP contribution in [0.1, 0.15) is 18.1 Å². The van der Waals surface area contributed by atoms with Gasteiger partial charge in [-0.15, -0.1) is 11.8 Å². The van der Waals surface area contributed by atoms with Crippen molar-refractivity contribution in [2.45, 2.75) is 25.7 Å². The molecule has 2 aromatic carbocycles. The van der Waals surface area contributed by atoms with Crippen LogP contribution in [0, 0.1) is 12.7 Å². The molecule has 138 valence electrons. The van der Waals surface area contributed by atoms with Gasteiger partial charge >= 0.3 is 0 Å². The highest BCUT2D eigenvalue weighted by Gasteiger charge is 2.15. The smallest absolute Gasteiger partial charge is 0.279 e. The van der Waals surface area contributed by atoms with Gasteiger partial charge in [0.05, 0.1) is 5.75 Å². The van der Waals surface area contributed by atoms with E-state index in [4.69, 9.17) is 4.74 Å². The molecule has 2 rings (SSSR count). The third-order valence-electron chi connectivity index (χ3n) is 3.41. The minimum atomic E-state index is -0.833. The average molecular weight is 376 g/mol. The van der Waals surface area contributed by atoms with Crippen LogP contribution in [0.15, 0.2) is 48.5 Å². The van der Waals surface area contributed by atoms with Crippen LogP contribution < -0.4 is 15.6 Å². The maximum atomic E-state index is 12.8. The molecule has 7 heteroatoms. The third kappa shape index (κ3) is 6.76. The molecule has 0 saturated heterocycles. The lowest BCUT2D eigenvalue weighted by Crippen LogP contribution is -2.47. The molecule has 2 aromatic rings. The van der Waals surface area contributed by atoms with E-state index in [1.807, 2.05) is 25.1 Å². The predicted octanol–water partition coefficient (Wildman–Crippen LogP) is 2.98. The Morgan fingerprint density at radius 1 is 1.15 bits per heavy atom. The molecule has 0 heterocycles. The van der Waals surface area contributed by atoms with E-state index in [1.165, 1.54) is 48.5 Å². The van der Waals surface area contributed by atoms with Gasteiger partial charge in [-0.1, -0.05) is 29.8 Å². The standard InChI is InChI=1S/C19H21FN2O3S/c1-13-4-3-5-15(10-13)11-26-12-18(23)21-22-19(24)14(2)25-17-8-6-16(20)7-9-17/h3-10,14H,11-12H2,1-2H3,(H,21,23)(H,22,24). The Morgan fingerprint density at radius 2 is 1.88 bits per heavy atom. The van der Waals surface area contributed by atoms with Crippen LogP contribution in [-0.4, -0.2) is 23.7 Å². The summed E-state index contributed by atoms with van der Waals surface area (Å²) in [6.45, 7) is 3.56. The second-order valence-corrected chi connectivity index (χ2v) is 6.72. The van der Waals surface area contributed by atoms with Gasteiger partial charge in [-0.2, -0.15) is 0 Å². The molecule has 0 aliphatic carbocycles. The number of hydrazine groups is 1. The fourth-order valence-electron chi connectivity index (χ4n) is 2.10. The van der Waals surface area contributed by atoms with Crippen molar-refractivity contribution < 1.29 is 18.7 Å². The van der Waals surface area contributed by atoms with Gasteiger partial charge in [0.2, 0.25) is 5.91 Å². The summed E-state index contributed by atoms with van der Waals surface area (Å²) in [5, 5.41) is 0. The number of rotatable bonds is 7. The van der Waals surface area contributed by atoms with Crippen molar-refractivity contribution in [3.05, 3.63) is 65.5 Å². The van der Waals surface area contributed by atoms with Crippen LogP contribution in [0.2, 0.25) is 0 Å². The van der Waals surface area contributed by atoms with Crippen molar-refractivity contribution in [1.29, 1.82) is 0 Å². The average Bonchev–Trinajstić information content (AvgIpc) is 2.61. The molecule has 0 saturated carbocycles. The number of hydrogen-bond donors (Lipinski definition) is 2. The molecule has 0 aliphatic rings. The number of hydrogen-bond acceptors (Lipinski definition) is 4. The fraction of sp³-hybridized carbons (Fsp3) is 0.263. The number of aryl methyl sites for hydroxylation is 1. The Bertz CT molecular complexity index is 753. The molecule has 0 aliphatic heterocycles. The van der Waals surface area contributed by atoms with Gasteiger partial charge in [0.25, 0.3) is 5.91 Å². The normalized spacial score (nSPS) is 11.5. The summed E-state index contributed by atoms with van der Waals surface area (Å²) in [5.74, 6) is 0.129. The number of thioether (sulfide) groups is 1. The van der Waals surface area contributed by atoms with Crippen molar-refractivity contribution >= 4 is 23.6 Å². The van der Waals surface area contributed by atoms with Gasteiger partial charge in [0, 0.05) is 5.75 Å². The van der Waals surface area contributed by atoms with Crippen LogP contribution in [-0.2, 0) is 15.3 Å². The molecule has 0 bridgehead atoms. The summed E-state index contributed by atoms with van der Waals surface area (Å²) in [6, 6.07) is 13.4. The highest BCUT2D eigenvalue weighted by Crippen LogP contribution is 2.14. The number of ether oxygens (including phenoxy) is 1. The molecule has 0 aromatic heterocycles. The van der Waals surface area contributed by atoms with Gasteiger partial charge < -0.3 is 4.74 Å². The molecule has 0 radical (unpaired) electrons. The van der Waals surface area contributed by atoms with Gasteiger partial charge in [0.15, 0.2) is 6.10 Å². The van der Waals surface area contributed by atoms with Gasteiger partial charge in [-0.25, -0.2) is 4.39 Å². The molecule has 2 amide bonds. The lowest BCUT2D eigenvalue weighted by molar-refractivity contribution is -0.131. The van der Waals surface area contributed by atoms with E-state index >= 15 is 0 Å². The topological polar surface area (TPSA) is 67.4 Å². The maximum Gasteiger partial charge on any atom is 0.279 e. The highest BCUT2D eigenvalue weighted by atomic mass is 32.2. The van der Waals surface area contributed by atoms with E-state index in [0.29, 0.717) is 11.5 Å². The second kappa shape index (κ2) is 9.82. The minimum absolute atomic E-state index is 0.224. The van der Waals surface area contributed by atoms with Gasteiger partial charge in [-0.05, 0) is 43.7 Å². The van der Waals surface area contributed by atoms with E-state index in [1.54, 1.807) is 0 Å². The summed E-state index contributed by atoms with van der Waals surface area (Å²) in [7, 11) is 0. The summed E-state index contributed by atoms with van der Waals surface area (Å²) < 4.78 is 18.2. The van der Waals surface area contributed by atoms with Crippen molar-refractivity contribution in [3.63, 3.8) is 0 Å². The molecular formula is C19H21FN2O3S. The van der Waals surface area contributed by atoms with Crippen LogP contribution in [0.3, 0.4) is 0 Å². The first kappa shape index (κ1) is 19.8. The predicted molar refractivity (Wildman–Crippen MR) is 100 cm³/mol. The number of halogens is 1. The summed E-state index contributed by atoms with van der Waals surface area (Å²) >= 11 is 1.46. The largest absolute Gasteiger partial charge is 0.481 e. The Labute approximate surface area is 156 Å². The van der Waals surface area contributed by atoms with Crippen LogP contribution in [0.4, 0.5) is 4.39 Å². The Kier molecular flexibility index (Phi) is 7.47. The number of amides is 2. The molecule has 0 spiro atoms. The Morgan fingerprint density at radius 3 is 2.58 bits per heavy atom. The number of carbonyl (C=O) groups excluding carboxylic acids is 2. The van der Waals surface area contributed by atoms with Crippen molar-refractivity contribution in [1.82, 2.24) is 10.9 Å². The third-order valence-corrected chi connectivity index (χ3v) is 4.41. The second-order valence-electron chi connectivity index (χ2n) is 5.73. The van der Waals surface area contributed by atoms with E-state index in [9.17, 15) is 14.0 Å². The fourth-order valence-corrected chi connectivity index (χ4v) is 2.88. The quantitative estimate of drug-likeness (QED) is 0.729.